The van der Waals surface area contributed by atoms with Crippen LogP contribution in [0.5, 0.6) is 0 Å². The van der Waals surface area contributed by atoms with Gasteiger partial charge in [-0.3, -0.25) is 0 Å². The Bertz CT molecular complexity index is 250. The third-order valence-electron chi connectivity index (χ3n) is 1.31. The fourth-order valence-electron chi connectivity index (χ4n) is 0.784. The summed E-state index contributed by atoms with van der Waals surface area (Å²) in [7, 11) is 0. The van der Waals surface area contributed by atoms with Gasteiger partial charge in [0.2, 0.25) is 0 Å². The average Bonchev–Trinajstić information content (AvgIpc) is 2.01. The molecule has 66 valence electrons. The normalized spacial score (nSPS) is 12.9. The van der Waals surface area contributed by atoms with Crippen molar-refractivity contribution < 1.29 is 0 Å². The minimum atomic E-state index is 0.258. The summed E-state index contributed by atoms with van der Waals surface area (Å²) in [5.74, 6) is 0.969. The van der Waals surface area contributed by atoms with Gasteiger partial charge in [0.05, 0.1) is 0 Å². The van der Waals surface area contributed by atoms with E-state index in [0.717, 1.165) is 10.2 Å². The molecule has 1 atom stereocenters. The first kappa shape index (κ1) is 10.1. The minimum absolute atomic E-state index is 0.258. The number of halogens is 1. The van der Waals surface area contributed by atoms with Gasteiger partial charge in [-0.15, -0.1) is 11.8 Å². The molecule has 0 saturated carbocycles. The highest BCUT2D eigenvalue weighted by molar-refractivity contribution is 9.10. The Morgan fingerprint density at radius 2 is 2.33 bits per heavy atom. The van der Waals surface area contributed by atoms with Gasteiger partial charge in [0.15, 0.2) is 0 Å². The maximum atomic E-state index is 5.65. The molecule has 2 N–H and O–H groups in total. The molecule has 0 bridgehead atoms. The van der Waals surface area contributed by atoms with E-state index in [1.807, 2.05) is 19.1 Å². The molecule has 0 fully saturated rings. The second kappa shape index (κ2) is 4.90. The van der Waals surface area contributed by atoms with Crippen molar-refractivity contribution in [2.24, 2.45) is 5.73 Å². The van der Waals surface area contributed by atoms with E-state index < -0.39 is 0 Å². The predicted octanol–water partition coefficient (Wildman–Crippen LogP) is 2.89. The summed E-state index contributed by atoms with van der Waals surface area (Å²) in [6, 6.07) is 8.52. The number of thioether (sulfide) groups is 1. The monoisotopic (exact) mass is 245 g/mol. The molecule has 12 heavy (non-hydrogen) atoms. The highest BCUT2D eigenvalue weighted by Crippen LogP contribution is 2.21. The Kier molecular flexibility index (Phi) is 4.12. The van der Waals surface area contributed by atoms with Gasteiger partial charge in [0.25, 0.3) is 0 Å². The lowest BCUT2D eigenvalue weighted by Gasteiger charge is -2.04. The molecular formula is C9H12BrNS. The van der Waals surface area contributed by atoms with Gasteiger partial charge in [-0.1, -0.05) is 22.0 Å². The molecule has 0 heterocycles. The standard InChI is InChI=1S/C9H12BrNS/c1-7(11)6-12-9-4-2-3-8(10)5-9/h2-5,7H,6,11H2,1H3/t7-/m1/s1. The molecule has 1 nitrogen and oxygen atoms in total. The molecule has 1 aromatic rings. The van der Waals surface area contributed by atoms with Crippen molar-refractivity contribution in [2.75, 3.05) is 5.75 Å². The van der Waals surface area contributed by atoms with Crippen LogP contribution in [0.1, 0.15) is 6.92 Å². The topological polar surface area (TPSA) is 26.0 Å². The van der Waals surface area contributed by atoms with Crippen LogP contribution in [-0.2, 0) is 0 Å². The predicted molar refractivity (Wildman–Crippen MR) is 58.5 cm³/mol. The summed E-state index contributed by atoms with van der Waals surface area (Å²) in [6.45, 7) is 2.02. The lowest BCUT2D eigenvalue weighted by Crippen LogP contribution is -2.17. The Labute approximate surface area is 85.9 Å². The summed E-state index contributed by atoms with van der Waals surface area (Å²) in [5.41, 5.74) is 5.65. The van der Waals surface area contributed by atoms with Gasteiger partial charge >= 0.3 is 0 Å². The molecule has 0 amide bonds. The molecule has 1 aromatic carbocycles. The fraction of sp³-hybridized carbons (Fsp3) is 0.333. The molecule has 0 spiro atoms. The number of hydrogen-bond donors (Lipinski definition) is 1. The van der Waals surface area contributed by atoms with Crippen LogP contribution in [0, 0.1) is 0 Å². The van der Waals surface area contributed by atoms with Gasteiger partial charge in [-0.05, 0) is 25.1 Å². The van der Waals surface area contributed by atoms with E-state index in [0.29, 0.717) is 0 Å². The fourth-order valence-corrected chi connectivity index (χ4v) is 2.18. The Morgan fingerprint density at radius 1 is 1.58 bits per heavy atom. The van der Waals surface area contributed by atoms with Gasteiger partial charge in [0.1, 0.15) is 0 Å². The van der Waals surface area contributed by atoms with Gasteiger partial charge in [-0.25, -0.2) is 0 Å². The molecule has 0 aromatic heterocycles. The molecular weight excluding hydrogens is 234 g/mol. The molecule has 0 aliphatic carbocycles. The third-order valence-corrected chi connectivity index (χ3v) is 3.08. The van der Waals surface area contributed by atoms with Crippen LogP contribution in [-0.4, -0.2) is 11.8 Å². The number of hydrogen-bond acceptors (Lipinski definition) is 2. The lowest BCUT2D eigenvalue weighted by molar-refractivity contribution is 0.847. The highest BCUT2D eigenvalue weighted by Gasteiger charge is 1.97. The largest absolute Gasteiger partial charge is 0.327 e. The van der Waals surface area contributed by atoms with Crippen LogP contribution in [0.15, 0.2) is 33.6 Å². The first-order valence-corrected chi connectivity index (χ1v) is 5.60. The maximum Gasteiger partial charge on any atom is 0.0186 e. The maximum absolute atomic E-state index is 5.65. The quantitative estimate of drug-likeness (QED) is 0.830. The van der Waals surface area contributed by atoms with Crippen molar-refractivity contribution in [1.82, 2.24) is 0 Å². The van der Waals surface area contributed by atoms with Crippen molar-refractivity contribution in [3.05, 3.63) is 28.7 Å². The number of benzene rings is 1. The van der Waals surface area contributed by atoms with Gasteiger partial charge in [-0.2, -0.15) is 0 Å². The number of rotatable bonds is 3. The SMILES string of the molecule is C[C@@H](N)CSc1cccc(Br)c1. The second-order valence-corrected chi connectivity index (χ2v) is 4.75. The van der Waals surface area contributed by atoms with Crippen LogP contribution < -0.4 is 5.73 Å². The van der Waals surface area contributed by atoms with Crippen molar-refractivity contribution in [1.29, 1.82) is 0 Å². The molecule has 0 aliphatic heterocycles. The zero-order valence-electron chi connectivity index (χ0n) is 6.96. The van der Waals surface area contributed by atoms with Gasteiger partial charge < -0.3 is 5.73 Å². The minimum Gasteiger partial charge on any atom is -0.327 e. The van der Waals surface area contributed by atoms with Crippen molar-refractivity contribution in [3.8, 4) is 0 Å². The zero-order valence-corrected chi connectivity index (χ0v) is 9.36. The van der Waals surface area contributed by atoms with Crippen LogP contribution in [0.3, 0.4) is 0 Å². The summed E-state index contributed by atoms with van der Waals surface area (Å²) in [4.78, 5) is 1.27. The van der Waals surface area contributed by atoms with Crippen LogP contribution in [0.4, 0.5) is 0 Å². The van der Waals surface area contributed by atoms with E-state index in [2.05, 4.69) is 28.1 Å². The van der Waals surface area contributed by atoms with Crippen LogP contribution >= 0.6 is 27.7 Å². The second-order valence-electron chi connectivity index (χ2n) is 2.75. The lowest BCUT2D eigenvalue weighted by atomic mass is 10.4. The van der Waals surface area contributed by atoms with E-state index in [4.69, 9.17) is 5.73 Å². The van der Waals surface area contributed by atoms with E-state index in [1.54, 1.807) is 11.8 Å². The first-order chi connectivity index (χ1) is 5.68. The van der Waals surface area contributed by atoms with Crippen molar-refractivity contribution in [2.45, 2.75) is 17.9 Å². The van der Waals surface area contributed by atoms with Crippen molar-refractivity contribution >= 4 is 27.7 Å². The van der Waals surface area contributed by atoms with Crippen LogP contribution in [0.2, 0.25) is 0 Å². The van der Waals surface area contributed by atoms with E-state index in [9.17, 15) is 0 Å². The van der Waals surface area contributed by atoms with E-state index in [-0.39, 0.29) is 6.04 Å². The molecule has 0 saturated heterocycles. The summed E-state index contributed by atoms with van der Waals surface area (Å²) in [5, 5.41) is 0. The third kappa shape index (κ3) is 3.61. The Morgan fingerprint density at radius 3 is 2.92 bits per heavy atom. The smallest absolute Gasteiger partial charge is 0.0186 e. The van der Waals surface area contributed by atoms with Crippen molar-refractivity contribution in [3.63, 3.8) is 0 Å². The Hall–Kier alpha value is 0.01000. The summed E-state index contributed by atoms with van der Waals surface area (Å²) >= 11 is 5.21. The molecule has 0 aliphatic rings. The number of nitrogens with two attached hydrogens (primary N) is 1. The molecule has 3 heteroatoms. The van der Waals surface area contributed by atoms with Crippen LogP contribution in [0.25, 0.3) is 0 Å². The summed E-state index contributed by atoms with van der Waals surface area (Å²) in [6.07, 6.45) is 0. The molecule has 1 rings (SSSR count). The molecule has 0 unspecified atom stereocenters. The summed E-state index contributed by atoms with van der Waals surface area (Å²) < 4.78 is 1.12. The van der Waals surface area contributed by atoms with E-state index >= 15 is 0 Å². The average molecular weight is 246 g/mol. The van der Waals surface area contributed by atoms with E-state index in [1.165, 1.54) is 4.90 Å². The zero-order chi connectivity index (χ0) is 8.97. The first-order valence-electron chi connectivity index (χ1n) is 3.82. The van der Waals surface area contributed by atoms with Gasteiger partial charge in [0, 0.05) is 21.2 Å². The molecule has 0 radical (unpaired) electrons. The highest BCUT2D eigenvalue weighted by atomic mass is 79.9. The Balaban J connectivity index is 2.52.